The van der Waals surface area contributed by atoms with Crippen molar-refractivity contribution < 1.29 is 0 Å². The van der Waals surface area contributed by atoms with Crippen LogP contribution in [-0.4, -0.2) is 15.1 Å². The van der Waals surface area contributed by atoms with Crippen LogP contribution >= 0.6 is 11.3 Å². The molecule has 0 saturated carbocycles. The van der Waals surface area contributed by atoms with Gasteiger partial charge in [0.15, 0.2) is 0 Å². The number of hydrogen-bond acceptors (Lipinski definition) is 3. The van der Waals surface area contributed by atoms with Crippen LogP contribution in [0.4, 0.5) is 0 Å². The predicted octanol–water partition coefficient (Wildman–Crippen LogP) is 4.03. The number of benzene rings is 1. The van der Waals surface area contributed by atoms with Crippen molar-refractivity contribution in [2.24, 2.45) is 0 Å². The van der Waals surface area contributed by atoms with E-state index >= 15 is 0 Å². The monoisotopic (exact) mass is 299 g/mol. The highest BCUT2D eigenvalue weighted by Crippen LogP contribution is 2.22. The zero-order chi connectivity index (χ0) is 14.9. The first-order valence-electron chi connectivity index (χ1n) is 7.22. The van der Waals surface area contributed by atoms with Crippen LogP contribution in [0.3, 0.4) is 0 Å². The molecule has 0 bridgehead atoms. The van der Waals surface area contributed by atoms with E-state index in [0.717, 1.165) is 13.1 Å². The third-order valence-corrected chi connectivity index (χ3v) is 4.29. The second-order valence-corrected chi connectivity index (χ2v) is 7.34. The van der Waals surface area contributed by atoms with Crippen LogP contribution in [0.5, 0.6) is 0 Å². The summed E-state index contributed by atoms with van der Waals surface area (Å²) in [5, 5.41) is 4.90. The minimum Gasteiger partial charge on any atom is -0.342 e. The highest BCUT2D eigenvalue weighted by molar-refractivity contribution is 7.09. The summed E-state index contributed by atoms with van der Waals surface area (Å²) in [5.41, 5.74) is 4.66. The van der Waals surface area contributed by atoms with Gasteiger partial charge >= 0.3 is 0 Å². The molecule has 21 heavy (non-hydrogen) atoms. The van der Waals surface area contributed by atoms with Gasteiger partial charge in [-0.05, 0) is 38.5 Å². The zero-order valence-corrected chi connectivity index (χ0v) is 13.6. The maximum Gasteiger partial charge on any atom is 0.0794 e. The van der Waals surface area contributed by atoms with Gasteiger partial charge in [-0.3, -0.25) is 4.98 Å². The summed E-state index contributed by atoms with van der Waals surface area (Å²) in [6.07, 6.45) is 4.12. The lowest BCUT2D eigenvalue weighted by Gasteiger charge is -2.21. The number of nitrogens with zero attached hydrogens (tertiary/aromatic N) is 2. The van der Waals surface area contributed by atoms with E-state index < -0.39 is 0 Å². The lowest BCUT2D eigenvalue weighted by atomic mass is 10.1. The molecule has 0 unspecified atom stereocenters. The Hall–Kier alpha value is -1.65. The lowest BCUT2D eigenvalue weighted by Crippen LogP contribution is -2.35. The number of aromatic nitrogens is 2. The number of thiazole rings is 1. The average molecular weight is 299 g/mol. The van der Waals surface area contributed by atoms with Gasteiger partial charge in [-0.25, -0.2) is 0 Å². The molecule has 0 atom stereocenters. The van der Waals surface area contributed by atoms with Crippen molar-refractivity contribution in [3.63, 3.8) is 0 Å². The van der Waals surface area contributed by atoms with Crippen LogP contribution in [0.2, 0.25) is 0 Å². The fraction of sp³-hybridized carbons (Fsp3) is 0.353. The van der Waals surface area contributed by atoms with Gasteiger partial charge in [-0.15, -0.1) is 11.3 Å². The summed E-state index contributed by atoms with van der Waals surface area (Å²) in [4.78, 5) is 5.44. The largest absolute Gasteiger partial charge is 0.342 e. The molecule has 3 nitrogen and oxygen atoms in total. The van der Waals surface area contributed by atoms with Crippen LogP contribution in [0.15, 0.2) is 42.2 Å². The molecule has 0 aliphatic rings. The number of hydrogen-bond donors (Lipinski definition) is 1. The zero-order valence-electron chi connectivity index (χ0n) is 12.8. The van der Waals surface area contributed by atoms with Crippen molar-refractivity contribution in [2.45, 2.75) is 39.4 Å². The molecule has 0 saturated heterocycles. The first kappa shape index (κ1) is 14.3. The smallest absolute Gasteiger partial charge is 0.0794 e. The second-order valence-electron chi connectivity index (χ2n) is 6.36. The summed E-state index contributed by atoms with van der Waals surface area (Å²) in [7, 11) is 0. The van der Waals surface area contributed by atoms with Gasteiger partial charge in [-0.1, -0.05) is 12.1 Å². The van der Waals surface area contributed by atoms with E-state index in [0.29, 0.717) is 0 Å². The summed E-state index contributed by atoms with van der Waals surface area (Å²) < 4.78 is 2.30. The van der Waals surface area contributed by atoms with E-state index in [1.54, 1.807) is 11.3 Å². The maximum absolute atomic E-state index is 4.15. The number of rotatable bonds is 4. The molecule has 3 rings (SSSR count). The van der Waals surface area contributed by atoms with Crippen molar-refractivity contribution in [3.05, 3.63) is 52.6 Å². The van der Waals surface area contributed by atoms with Gasteiger partial charge in [0, 0.05) is 40.3 Å². The van der Waals surface area contributed by atoms with Crippen molar-refractivity contribution in [3.8, 4) is 0 Å². The van der Waals surface area contributed by atoms with E-state index in [1.165, 1.54) is 21.3 Å². The Morgan fingerprint density at radius 3 is 2.81 bits per heavy atom. The SMILES string of the molecule is CC(C)(C)NCc1cccc2c1ccn2Cc1cncs1. The molecule has 0 amide bonds. The molecular weight excluding hydrogens is 278 g/mol. The maximum atomic E-state index is 4.15. The molecule has 1 N–H and O–H groups in total. The van der Waals surface area contributed by atoms with Crippen LogP contribution < -0.4 is 5.32 Å². The third kappa shape index (κ3) is 3.34. The molecular formula is C17H21N3S. The van der Waals surface area contributed by atoms with E-state index in [9.17, 15) is 0 Å². The van der Waals surface area contributed by atoms with E-state index in [1.807, 2.05) is 11.7 Å². The first-order chi connectivity index (χ1) is 10.0. The van der Waals surface area contributed by atoms with Crippen LogP contribution in [0.1, 0.15) is 31.2 Å². The molecule has 0 radical (unpaired) electrons. The minimum absolute atomic E-state index is 0.132. The van der Waals surface area contributed by atoms with Crippen molar-refractivity contribution >= 4 is 22.2 Å². The summed E-state index contributed by atoms with van der Waals surface area (Å²) in [6, 6.07) is 8.76. The Bertz CT molecular complexity index is 720. The highest BCUT2D eigenvalue weighted by atomic mass is 32.1. The Labute approximate surface area is 129 Å². The van der Waals surface area contributed by atoms with Gasteiger partial charge < -0.3 is 9.88 Å². The number of nitrogens with one attached hydrogen (secondary N) is 1. The van der Waals surface area contributed by atoms with Gasteiger partial charge in [0.2, 0.25) is 0 Å². The van der Waals surface area contributed by atoms with Crippen LogP contribution in [0.25, 0.3) is 10.9 Å². The standard InChI is InChI=1S/C17H21N3S/c1-17(2,3)19-9-13-5-4-6-16-15(13)7-8-20(16)11-14-10-18-12-21-14/h4-8,10,12,19H,9,11H2,1-3H3. The topological polar surface area (TPSA) is 29.9 Å². The van der Waals surface area contributed by atoms with E-state index in [4.69, 9.17) is 0 Å². The molecule has 3 aromatic rings. The second kappa shape index (κ2) is 5.62. The normalized spacial score (nSPS) is 12.1. The Morgan fingerprint density at radius 1 is 1.24 bits per heavy atom. The molecule has 2 heterocycles. The van der Waals surface area contributed by atoms with Gasteiger partial charge in [-0.2, -0.15) is 0 Å². The van der Waals surface area contributed by atoms with Gasteiger partial charge in [0.1, 0.15) is 0 Å². The molecule has 2 aromatic heterocycles. The average Bonchev–Trinajstić information content (AvgIpc) is 3.06. The van der Waals surface area contributed by atoms with Crippen molar-refractivity contribution in [1.29, 1.82) is 0 Å². The van der Waals surface area contributed by atoms with Crippen LogP contribution in [0, 0.1) is 0 Å². The third-order valence-electron chi connectivity index (χ3n) is 3.52. The van der Waals surface area contributed by atoms with Crippen LogP contribution in [-0.2, 0) is 13.1 Å². The lowest BCUT2D eigenvalue weighted by molar-refractivity contribution is 0.425. The van der Waals surface area contributed by atoms with E-state index in [2.05, 4.69) is 66.1 Å². The summed E-state index contributed by atoms with van der Waals surface area (Å²) >= 11 is 1.70. The molecule has 4 heteroatoms. The Kier molecular flexibility index (Phi) is 3.83. The highest BCUT2D eigenvalue weighted by Gasteiger charge is 2.11. The minimum atomic E-state index is 0.132. The molecule has 0 spiro atoms. The van der Waals surface area contributed by atoms with E-state index in [-0.39, 0.29) is 5.54 Å². The predicted molar refractivity (Wildman–Crippen MR) is 89.7 cm³/mol. The summed E-state index contributed by atoms with van der Waals surface area (Å²) in [6.45, 7) is 8.38. The van der Waals surface area contributed by atoms with Crippen molar-refractivity contribution in [2.75, 3.05) is 0 Å². The van der Waals surface area contributed by atoms with Gasteiger partial charge in [0.05, 0.1) is 12.1 Å². The fourth-order valence-corrected chi connectivity index (χ4v) is 3.02. The Morgan fingerprint density at radius 2 is 2.10 bits per heavy atom. The quantitative estimate of drug-likeness (QED) is 0.788. The summed E-state index contributed by atoms with van der Waals surface area (Å²) in [5.74, 6) is 0. The molecule has 0 aliphatic carbocycles. The van der Waals surface area contributed by atoms with Crippen molar-refractivity contribution in [1.82, 2.24) is 14.9 Å². The molecule has 0 fully saturated rings. The number of fused-ring (bicyclic) bond motifs is 1. The first-order valence-corrected chi connectivity index (χ1v) is 8.10. The molecule has 110 valence electrons. The fourth-order valence-electron chi connectivity index (χ4n) is 2.43. The molecule has 0 aliphatic heterocycles. The molecule has 1 aromatic carbocycles. The Balaban J connectivity index is 1.89. The van der Waals surface area contributed by atoms with Gasteiger partial charge in [0.25, 0.3) is 0 Å².